The molecule has 0 spiro atoms. The average molecular weight is 265 g/mol. The summed E-state index contributed by atoms with van der Waals surface area (Å²) in [4.78, 5) is 1.48. The van der Waals surface area contributed by atoms with E-state index < -0.39 is 0 Å². The number of hydrogen-bond acceptors (Lipinski definition) is 3. The third-order valence-electron chi connectivity index (χ3n) is 3.36. The maximum atomic E-state index is 6.23. The molecule has 2 aromatic rings. The molecule has 0 radical (unpaired) electrons. The van der Waals surface area contributed by atoms with E-state index in [1.165, 1.54) is 10.4 Å². The molecule has 1 aromatic heterocycles. The number of aromatic nitrogens is 4. The van der Waals surface area contributed by atoms with Crippen LogP contribution >= 0.6 is 11.6 Å². The molecule has 1 aromatic carbocycles. The lowest BCUT2D eigenvalue weighted by molar-refractivity contribution is 0.446. The zero-order valence-corrected chi connectivity index (χ0v) is 11.4. The van der Waals surface area contributed by atoms with Gasteiger partial charge in [-0.3, -0.25) is 0 Å². The Balaban J connectivity index is 2.32. The number of alkyl halides is 1. The molecular weight excluding hydrogens is 248 g/mol. The number of hydrogen-bond donors (Lipinski definition) is 0. The van der Waals surface area contributed by atoms with Crippen LogP contribution in [0.4, 0.5) is 0 Å². The molecule has 0 bridgehead atoms. The van der Waals surface area contributed by atoms with Gasteiger partial charge in [-0.15, -0.1) is 21.8 Å². The zero-order chi connectivity index (χ0) is 13.0. The molecule has 0 amide bonds. The van der Waals surface area contributed by atoms with Crippen molar-refractivity contribution in [3.63, 3.8) is 0 Å². The van der Waals surface area contributed by atoms with Gasteiger partial charge < -0.3 is 0 Å². The minimum atomic E-state index is -0.119. The fourth-order valence-electron chi connectivity index (χ4n) is 2.14. The van der Waals surface area contributed by atoms with Crippen molar-refractivity contribution in [2.24, 2.45) is 7.05 Å². The number of halogens is 1. The van der Waals surface area contributed by atoms with Gasteiger partial charge in [0.25, 0.3) is 0 Å². The molecule has 0 saturated carbocycles. The molecule has 1 heterocycles. The summed E-state index contributed by atoms with van der Waals surface area (Å²) in [6.07, 6.45) is 1.66. The predicted molar refractivity (Wildman–Crippen MR) is 71.6 cm³/mol. The molecule has 0 aliphatic carbocycles. The van der Waals surface area contributed by atoms with Crippen LogP contribution in [0.5, 0.6) is 0 Å². The molecule has 0 aliphatic heterocycles. The Kier molecular flexibility index (Phi) is 3.97. The van der Waals surface area contributed by atoms with Gasteiger partial charge in [0.05, 0.1) is 7.05 Å². The SMILES string of the molecule is CCC(CCl)(Cc1nnn(C)n1)c1ccccc1. The van der Waals surface area contributed by atoms with Crippen LogP contribution in [-0.2, 0) is 18.9 Å². The first-order valence-corrected chi connectivity index (χ1v) is 6.58. The first-order chi connectivity index (χ1) is 8.70. The van der Waals surface area contributed by atoms with Crippen molar-refractivity contribution in [2.45, 2.75) is 25.2 Å². The molecule has 0 aliphatic rings. The van der Waals surface area contributed by atoms with Crippen molar-refractivity contribution in [1.82, 2.24) is 20.2 Å². The first kappa shape index (κ1) is 13.0. The third-order valence-corrected chi connectivity index (χ3v) is 3.88. The highest BCUT2D eigenvalue weighted by Gasteiger charge is 2.31. The summed E-state index contributed by atoms with van der Waals surface area (Å²) in [6.45, 7) is 2.14. The number of tetrazole rings is 1. The second kappa shape index (κ2) is 5.48. The maximum absolute atomic E-state index is 6.23. The van der Waals surface area contributed by atoms with E-state index in [4.69, 9.17) is 11.6 Å². The Morgan fingerprint density at radius 2 is 2.00 bits per heavy atom. The normalized spacial score (nSPS) is 14.4. The second-order valence-electron chi connectivity index (χ2n) is 4.51. The second-order valence-corrected chi connectivity index (χ2v) is 4.77. The van der Waals surface area contributed by atoms with Crippen LogP contribution in [0.3, 0.4) is 0 Å². The van der Waals surface area contributed by atoms with Crippen LogP contribution in [0.2, 0.25) is 0 Å². The van der Waals surface area contributed by atoms with E-state index in [1.807, 2.05) is 18.2 Å². The molecule has 2 rings (SSSR count). The van der Waals surface area contributed by atoms with Crippen LogP contribution in [0.15, 0.2) is 30.3 Å². The minimum Gasteiger partial charge on any atom is -0.167 e. The summed E-state index contributed by atoms with van der Waals surface area (Å²) >= 11 is 6.23. The summed E-state index contributed by atoms with van der Waals surface area (Å²) in [6, 6.07) is 10.3. The molecule has 0 saturated heterocycles. The molecular formula is C13H17ClN4. The van der Waals surface area contributed by atoms with Crippen LogP contribution in [0, 0.1) is 0 Å². The Hall–Kier alpha value is -1.42. The smallest absolute Gasteiger partial charge is 0.167 e. The lowest BCUT2D eigenvalue weighted by Crippen LogP contribution is -2.31. The van der Waals surface area contributed by atoms with E-state index >= 15 is 0 Å². The van der Waals surface area contributed by atoms with Crippen LogP contribution in [0.1, 0.15) is 24.7 Å². The summed E-state index contributed by atoms with van der Waals surface area (Å²) in [5.41, 5.74) is 1.11. The highest BCUT2D eigenvalue weighted by atomic mass is 35.5. The zero-order valence-electron chi connectivity index (χ0n) is 10.7. The van der Waals surface area contributed by atoms with Gasteiger partial charge in [-0.1, -0.05) is 37.3 Å². The summed E-state index contributed by atoms with van der Waals surface area (Å²) < 4.78 is 0. The molecule has 0 N–H and O–H groups in total. The summed E-state index contributed by atoms with van der Waals surface area (Å²) in [5, 5.41) is 12.2. The topological polar surface area (TPSA) is 43.6 Å². The lowest BCUT2D eigenvalue weighted by atomic mass is 9.77. The van der Waals surface area contributed by atoms with Gasteiger partial charge in [-0.2, -0.15) is 4.80 Å². The fourth-order valence-corrected chi connectivity index (χ4v) is 2.58. The van der Waals surface area contributed by atoms with E-state index in [-0.39, 0.29) is 5.41 Å². The Morgan fingerprint density at radius 3 is 2.50 bits per heavy atom. The lowest BCUT2D eigenvalue weighted by Gasteiger charge is -2.30. The number of benzene rings is 1. The highest BCUT2D eigenvalue weighted by molar-refractivity contribution is 6.18. The average Bonchev–Trinajstić information content (AvgIpc) is 2.82. The van der Waals surface area contributed by atoms with Gasteiger partial charge in [0, 0.05) is 17.7 Å². The quantitative estimate of drug-likeness (QED) is 0.779. The van der Waals surface area contributed by atoms with Crippen molar-refractivity contribution >= 4 is 11.6 Å². The molecule has 18 heavy (non-hydrogen) atoms. The Bertz CT molecular complexity index is 491. The molecule has 4 nitrogen and oxygen atoms in total. The van der Waals surface area contributed by atoms with Gasteiger partial charge in [-0.05, 0) is 17.2 Å². The minimum absolute atomic E-state index is 0.119. The highest BCUT2D eigenvalue weighted by Crippen LogP contribution is 2.32. The number of aryl methyl sites for hydroxylation is 1. The third kappa shape index (κ3) is 2.53. The van der Waals surface area contributed by atoms with Gasteiger partial charge in [0.15, 0.2) is 5.82 Å². The molecule has 96 valence electrons. The summed E-state index contributed by atoms with van der Waals surface area (Å²) in [5.74, 6) is 1.29. The van der Waals surface area contributed by atoms with Crippen molar-refractivity contribution < 1.29 is 0 Å². The van der Waals surface area contributed by atoms with Crippen molar-refractivity contribution in [3.05, 3.63) is 41.7 Å². The van der Waals surface area contributed by atoms with Crippen LogP contribution in [0.25, 0.3) is 0 Å². The largest absolute Gasteiger partial charge is 0.175 e. The number of nitrogens with zero attached hydrogens (tertiary/aromatic N) is 4. The van der Waals surface area contributed by atoms with Crippen LogP contribution < -0.4 is 0 Å². The van der Waals surface area contributed by atoms with Gasteiger partial charge in [-0.25, -0.2) is 0 Å². The fraction of sp³-hybridized carbons (Fsp3) is 0.462. The maximum Gasteiger partial charge on any atom is 0.175 e. The van der Waals surface area contributed by atoms with Gasteiger partial charge >= 0.3 is 0 Å². The van der Waals surface area contributed by atoms with Crippen LogP contribution in [-0.4, -0.2) is 26.1 Å². The first-order valence-electron chi connectivity index (χ1n) is 6.04. The van der Waals surface area contributed by atoms with E-state index in [0.29, 0.717) is 12.3 Å². The molecule has 5 heteroatoms. The van der Waals surface area contributed by atoms with Gasteiger partial charge in [0.1, 0.15) is 0 Å². The van der Waals surface area contributed by atoms with E-state index in [0.717, 1.165) is 12.2 Å². The van der Waals surface area contributed by atoms with E-state index in [9.17, 15) is 0 Å². The van der Waals surface area contributed by atoms with E-state index in [1.54, 1.807) is 7.05 Å². The number of rotatable bonds is 5. The van der Waals surface area contributed by atoms with Crippen molar-refractivity contribution in [2.75, 3.05) is 5.88 Å². The standard InChI is InChI=1S/C13H17ClN4/c1-3-13(10-14,11-7-5-4-6-8-11)9-12-15-17-18(2)16-12/h4-8H,3,9-10H2,1-2H3. The molecule has 1 atom stereocenters. The molecule has 0 fully saturated rings. The molecule has 1 unspecified atom stereocenters. The van der Waals surface area contributed by atoms with Crippen molar-refractivity contribution in [3.8, 4) is 0 Å². The monoisotopic (exact) mass is 264 g/mol. The van der Waals surface area contributed by atoms with Crippen molar-refractivity contribution in [1.29, 1.82) is 0 Å². The van der Waals surface area contributed by atoms with Gasteiger partial charge in [0.2, 0.25) is 0 Å². The predicted octanol–water partition coefficient (Wildman–Crippen LogP) is 2.34. The van der Waals surface area contributed by atoms with E-state index in [2.05, 4.69) is 34.5 Å². The Labute approximate surface area is 112 Å². The summed E-state index contributed by atoms with van der Waals surface area (Å²) in [7, 11) is 1.77. The Morgan fingerprint density at radius 1 is 1.28 bits per heavy atom.